The first-order valence-electron chi connectivity index (χ1n) is 8.22. The topological polar surface area (TPSA) is 49.4 Å². The molecule has 5 heteroatoms. The number of nitrogens with one attached hydrogen (secondary N) is 1. The van der Waals surface area contributed by atoms with Gasteiger partial charge in [-0.2, -0.15) is 0 Å². The number of amides is 2. The number of hydrogen-bond donors (Lipinski definition) is 1. The number of halogens is 1. The molecule has 0 fully saturated rings. The van der Waals surface area contributed by atoms with E-state index >= 15 is 0 Å². The normalized spacial score (nSPS) is 10.6. The lowest BCUT2D eigenvalue weighted by molar-refractivity contribution is -0.144. The highest BCUT2D eigenvalue weighted by Gasteiger charge is 2.25. The van der Waals surface area contributed by atoms with Crippen LogP contribution in [0.4, 0.5) is 5.69 Å². The summed E-state index contributed by atoms with van der Waals surface area (Å²) >= 11 is 6.22. The highest BCUT2D eigenvalue weighted by atomic mass is 35.5. The van der Waals surface area contributed by atoms with Gasteiger partial charge in [0, 0.05) is 12.6 Å². The molecule has 0 aromatic heterocycles. The molecule has 0 aliphatic rings. The molecule has 0 heterocycles. The fraction of sp³-hybridized carbons (Fsp3) is 0.300. The van der Waals surface area contributed by atoms with E-state index in [0.717, 1.165) is 16.7 Å². The Kier molecular flexibility index (Phi) is 6.21. The van der Waals surface area contributed by atoms with Gasteiger partial charge in [0.15, 0.2) is 0 Å². The summed E-state index contributed by atoms with van der Waals surface area (Å²) in [6.07, 6.45) is 0. The molecule has 0 spiro atoms. The molecular formula is C20H23ClN2O2. The monoisotopic (exact) mass is 358 g/mol. The van der Waals surface area contributed by atoms with Crippen molar-refractivity contribution in [1.29, 1.82) is 0 Å². The summed E-state index contributed by atoms with van der Waals surface area (Å²) in [4.78, 5) is 26.7. The van der Waals surface area contributed by atoms with Gasteiger partial charge in [0.05, 0.1) is 10.7 Å². The predicted molar refractivity (Wildman–Crippen MR) is 102 cm³/mol. The average Bonchev–Trinajstić information content (AvgIpc) is 2.55. The molecule has 2 amide bonds. The highest BCUT2D eigenvalue weighted by Crippen LogP contribution is 2.27. The lowest BCUT2D eigenvalue weighted by Crippen LogP contribution is -2.43. The molecule has 1 N–H and O–H groups in total. The molecule has 0 saturated heterocycles. The van der Waals surface area contributed by atoms with Crippen LogP contribution in [0.15, 0.2) is 42.5 Å². The van der Waals surface area contributed by atoms with E-state index in [-0.39, 0.29) is 6.04 Å². The zero-order valence-corrected chi connectivity index (χ0v) is 15.7. The van der Waals surface area contributed by atoms with Crippen LogP contribution >= 0.6 is 11.6 Å². The maximum atomic E-state index is 12.7. The fourth-order valence-corrected chi connectivity index (χ4v) is 3.01. The molecule has 0 aliphatic carbocycles. The van der Waals surface area contributed by atoms with Crippen molar-refractivity contribution in [2.45, 2.75) is 40.3 Å². The Morgan fingerprint density at radius 2 is 1.76 bits per heavy atom. The summed E-state index contributed by atoms with van der Waals surface area (Å²) in [5.74, 6) is -1.26. The molecule has 132 valence electrons. The van der Waals surface area contributed by atoms with E-state index in [2.05, 4.69) is 5.32 Å². The quantitative estimate of drug-likeness (QED) is 0.827. The van der Waals surface area contributed by atoms with Crippen LogP contribution in [-0.4, -0.2) is 22.8 Å². The fourth-order valence-electron chi connectivity index (χ4n) is 2.64. The molecule has 0 bridgehead atoms. The number of nitrogens with zero attached hydrogens (tertiary/aromatic N) is 1. The molecule has 25 heavy (non-hydrogen) atoms. The standard InChI is InChI=1S/C20H23ClN2O2/c1-13(2)23(12-16-8-6-5-7-9-16)20(25)19(24)22-18-15(4)10-14(3)11-17(18)21/h5-11,13H,12H2,1-4H3,(H,22,24). The predicted octanol–water partition coefficient (Wildman–Crippen LogP) is 4.33. The minimum Gasteiger partial charge on any atom is -0.328 e. The zero-order valence-electron chi connectivity index (χ0n) is 15.0. The SMILES string of the molecule is Cc1cc(C)c(NC(=O)C(=O)N(Cc2ccccc2)C(C)C)c(Cl)c1. The number of hydrogen-bond acceptors (Lipinski definition) is 2. The van der Waals surface area contributed by atoms with Gasteiger partial charge < -0.3 is 10.2 Å². The van der Waals surface area contributed by atoms with Crippen LogP contribution in [0.2, 0.25) is 5.02 Å². The number of carbonyl (C=O) groups excluding carboxylic acids is 2. The van der Waals surface area contributed by atoms with Gasteiger partial charge in [-0.25, -0.2) is 0 Å². The molecule has 0 unspecified atom stereocenters. The summed E-state index contributed by atoms with van der Waals surface area (Å²) in [6, 6.07) is 13.2. The number of anilines is 1. The number of rotatable bonds is 4. The third-order valence-electron chi connectivity index (χ3n) is 3.94. The van der Waals surface area contributed by atoms with E-state index < -0.39 is 11.8 Å². The van der Waals surface area contributed by atoms with Crippen molar-refractivity contribution in [3.8, 4) is 0 Å². The second-order valence-corrected chi connectivity index (χ2v) is 6.81. The summed E-state index contributed by atoms with van der Waals surface area (Å²) in [5, 5.41) is 3.09. The Bertz CT molecular complexity index is 750. The van der Waals surface area contributed by atoms with Gasteiger partial charge in [0.25, 0.3) is 0 Å². The van der Waals surface area contributed by atoms with Gasteiger partial charge in [-0.05, 0) is 50.5 Å². The van der Waals surface area contributed by atoms with Crippen LogP contribution in [0, 0.1) is 13.8 Å². The van der Waals surface area contributed by atoms with Gasteiger partial charge in [-0.1, -0.05) is 48.0 Å². The molecule has 0 aliphatic heterocycles. The Balaban J connectivity index is 2.18. The van der Waals surface area contributed by atoms with E-state index in [1.807, 2.05) is 64.1 Å². The lowest BCUT2D eigenvalue weighted by atomic mass is 10.1. The Hall–Kier alpha value is -2.33. The van der Waals surface area contributed by atoms with Crippen LogP contribution < -0.4 is 5.32 Å². The Morgan fingerprint density at radius 3 is 2.32 bits per heavy atom. The lowest BCUT2D eigenvalue weighted by Gasteiger charge is -2.26. The van der Waals surface area contributed by atoms with Crippen LogP contribution in [0.1, 0.15) is 30.5 Å². The van der Waals surface area contributed by atoms with E-state index in [1.165, 1.54) is 0 Å². The van der Waals surface area contributed by atoms with Gasteiger partial charge >= 0.3 is 11.8 Å². The van der Waals surface area contributed by atoms with E-state index in [1.54, 1.807) is 11.0 Å². The van der Waals surface area contributed by atoms with Crippen LogP contribution in [0.5, 0.6) is 0 Å². The second-order valence-electron chi connectivity index (χ2n) is 6.41. The van der Waals surface area contributed by atoms with E-state index in [4.69, 9.17) is 11.6 Å². The molecule has 0 radical (unpaired) electrons. The smallest absolute Gasteiger partial charge is 0.313 e. The Labute approximate surface area is 153 Å². The maximum Gasteiger partial charge on any atom is 0.313 e. The first kappa shape index (κ1) is 19.0. The van der Waals surface area contributed by atoms with Crippen LogP contribution in [-0.2, 0) is 16.1 Å². The average molecular weight is 359 g/mol. The Morgan fingerprint density at radius 1 is 1.12 bits per heavy atom. The molecule has 0 atom stereocenters. The molecular weight excluding hydrogens is 336 g/mol. The van der Waals surface area contributed by atoms with Crippen molar-refractivity contribution in [1.82, 2.24) is 4.90 Å². The molecule has 2 aromatic rings. The second kappa shape index (κ2) is 8.17. The van der Waals surface area contributed by atoms with Gasteiger partial charge in [-0.3, -0.25) is 9.59 Å². The first-order valence-corrected chi connectivity index (χ1v) is 8.60. The minimum atomic E-state index is -0.682. The van der Waals surface area contributed by atoms with E-state index in [9.17, 15) is 9.59 Å². The zero-order chi connectivity index (χ0) is 18.6. The molecule has 2 rings (SSSR count). The maximum absolute atomic E-state index is 12.7. The number of benzene rings is 2. The van der Waals surface area contributed by atoms with Crippen molar-refractivity contribution >= 4 is 29.1 Å². The molecule has 0 saturated carbocycles. The minimum absolute atomic E-state index is 0.104. The van der Waals surface area contributed by atoms with Gasteiger partial charge in [0.2, 0.25) is 0 Å². The highest BCUT2D eigenvalue weighted by molar-refractivity contribution is 6.41. The van der Waals surface area contributed by atoms with Gasteiger partial charge in [0.1, 0.15) is 0 Å². The van der Waals surface area contributed by atoms with Crippen LogP contribution in [0.3, 0.4) is 0 Å². The van der Waals surface area contributed by atoms with E-state index in [0.29, 0.717) is 17.3 Å². The third-order valence-corrected chi connectivity index (χ3v) is 4.24. The van der Waals surface area contributed by atoms with Gasteiger partial charge in [-0.15, -0.1) is 0 Å². The van der Waals surface area contributed by atoms with Crippen molar-refractivity contribution < 1.29 is 9.59 Å². The number of aryl methyl sites for hydroxylation is 2. The van der Waals surface area contributed by atoms with Crippen LogP contribution in [0.25, 0.3) is 0 Å². The molecule has 4 nitrogen and oxygen atoms in total. The van der Waals surface area contributed by atoms with Crippen molar-refractivity contribution in [2.75, 3.05) is 5.32 Å². The summed E-state index contributed by atoms with van der Waals surface area (Å²) < 4.78 is 0. The van der Waals surface area contributed by atoms with Crippen molar-refractivity contribution in [3.05, 3.63) is 64.2 Å². The number of carbonyl (C=O) groups is 2. The summed E-state index contributed by atoms with van der Waals surface area (Å²) in [6.45, 7) is 7.93. The van der Waals surface area contributed by atoms with Crippen molar-refractivity contribution in [2.24, 2.45) is 0 Å². The summed E-state index contributed by atoms with van der Waals surface area (Å²) in [7, 11) is 0. The summed E-state index contributed by atoms with van der Waals surface area (Å²) in [5.41, 5.74) is 3.28. The van der Waals surface area contributed by atoms with Crippen molar-refractivity contribution in [3.63, 3.8) is 0 Å². The largest absolute Gasteiger partial charge is 0.328 e. The molecule has 2 aromatic carbocycles. The third kappa shape index (κ3) is 4.83. The first-order chi connectivity index (χ1) is 11.8.